The zero-order valence-corrected chi connectivity index (χ0v) is 18.5. The van der Waals surface area contributed by atoms with Crippen LogP contribution in [0, 0.1) is 13.8 Å². The molecule has 0 aliphatic carbocycles. The van der Waals surface area contributed by atoms with Gasteiger partial charge in [-0.25, -0.2) is 8.42 Å². The monoisotopic (exact) mass is 440 g/mol. The number of aryl methyl sites for hydroxylation is 2. The van der Waals surface area contributed by atoms with Crippen LogP contribution in [0.1, 0.15) is 21.5 Å². The maximum atomic E-state index is 13.0. The summed E-state index contributed by atoms with van der Waals surface area (Å²) >= 11 is 0. The standard InChI is InChI=1S/C23H24N2O5S/c1-15-9-10-16(2)22(13-15)31(27,28)25-19-8-6-5-7-18(19)23(26)24-20-12-11-17(29-3)14-21(20)30-4/h5-14,25H,1-4H3,(H,24,26). The van der Waals surface area contributed by atoms with Gasteiger partial charge < -0.3 is 14.8 Å². The summed E-state index contributed by atoms with van der Waals surface area (Å²) in [5.41, 5.74) is 2.22. The summed E-state index contributed by atoms with van der Waals surface area (Å²) in [6.07, 6.45) is 0. The van der Waals surface area contributed by atoms with Crippen LogP contribution < -0.4 is 19.5 Å². The summed E-state index contributed by atoms with van der Waals surface area (Å²) in [5.74, 6) is 0.514. The van der Waals surface area contributed by atoms with Crippen molar-refractivity contribution in [2.24, 2.45) is 0 Å². The molecular weight excluding hydrogens is 416 g/mol. The number of methoxy groups -OCH3 is 2. The molecule has 1 amide bonds. The van der Waals surface area contributed by atoms with Crippen LogP contribution in [0.15, 0.2) is 65.6 Å². The van der Waals surface area contributed by atoms with E-state index in [-0.39, 0.29) is 16.1 Å². The van der Waals surface area contributed by atoms with Crippen molar-refractivity contribution < 1.29 is 22.7 Å². The Kier molecular flexibility index (Phi) is 6.50. The van der Waals surface area contributed by atoms with Crippen LogP contribution >= 0.6 is 0 Å². The highest BCUT2D eigenvalue weighted by atomic mass is 32.2. The number of carbonyl (C=O) groups excluding carboxylic acids is 1. The first kappa shape index (κ1) is 22.2. The van der Waals surface area contributed by atoms with E-state index in [0.717, 1.165) is 5.56 Å². The van der Waals surface area contributed by atoms with Crippen LogP contribution in [0.4, 0.5) is 11.4 Å². The summed E-state index contributed by atoms with van der Waals surface area (Å²) in [6.45, 7) is 3.55. The molecule has 8 heteroatoms. The van der Waals surface area contributed by atoms with E-state index in [1.807, 2.05) is 13.0 Å². The smallest absolute Gasteiger partial charge is 0.262 e. The SMILES string of the molecule is COc1ccc(NC(=O)c2ccccc2NS(=O)(=O)c2cc(C)ccc2C)c(OC)c1. The maximum Gasteiger partial charge on any atom is 0.262 e. The maximum absolute atomic E-state index is 13.0. The molecule has 31 heavy (non-hydrogen) atoms. The van der Waals surface area contributed by atoms with E-state index in [1.165, 1.54) is 14.2 Å². The zero-order chi connectivity index (χ0) is 22.6. The first-order valence-corrected chi connectivity index (χ1v) is 11.0. The Morgan fingerprint density at radius 1 is 0.871 bits per heavy atom. The summed E-state index contributed by atoms with van der Waals surface area (Å²) in [5, 5.41) is 2.76. The number of carbonyl (C=O) groups is 1. The molecule has 0 spiro atoms. The summed E-state index contributed by atoms with van der Waals surface area (Å²) in [6, 6.07) is 16.6. The second kappa shape index (κ2) is 9.09. The number of anilines is 2. The Bertz CT molecular complexity index is 1220. The van der Waals surface area contributed by atoms with E-state index in [9.17, 15) is 13.2 Å². The highest BCUT2D eigenvalue weighted by Crippen LogP contribution is 2.30. The highest BCUT2D eigenvalue weighted by molar-refractivity contribution is 7.92. The molecule has 0 saturated heterocycles. The Morgan fingerprint density at radius 2 is 1.61 bits per heavy atom. The lowest BCUT2D eigenvalue weighted by Crippen LogP contribution is -2.19. The molecule has 0 unspecified atom stereocenters. The summed E-state index contributed by atoms with van der Waals surface area (Å²) in [7, 11) is -0.873. The topological polar surface area (TPSA) is 93.7 Å². The normalized spacial score (nSPS) is 11.0. The number of ether oxygens (including phenoxy) is 2. The van der Waals surface area contributed by atoms with Crippen molar-refractivity contribution in [1.29, 1.82) is 0 Å². The van der Waals surface area contributed by atoms with Gasteiger partial charge in [0.1, 0.15) is 11.5 Å². The molecule has 0 aliphatic rings. The van der Waals surface area contributed by atoms with Gasteiger partial charge in [0, 0.05) is 6.07 Å². The van der Waals surface area contributed by atoms with E-state index in [0.29, 0.717) is 22.7 Å². The highest BCUT2D eigenvalue weighted by Gasteiger charge is 2.21. The molecule has 3 rings (SSSR count). The third kappa shape index (κ3) is 4.97. The van der Waals surface area contributed by atoms with Gasteiger partial charge in [0.05, 0.1) is 36.1 Å². The third-order valence-corrected chi connectivity index (χ3v) is 6.21. The molecule has 162 valence electrons. The number of hydrogen-bond acceptors (Lipinski definition) is 5. The number of sulfonamides is 1. The minimum Gasteiger partial charge on any atom is -0.497 e. The second-order valence-corrected chi connectivity index (χ2v) is 8.59. The molecular formula is C23H24N2O5S. The predicted octanol–water partition coefficient (Wildman–Crippen LogP) is 4.37. The first-order chi connectivity index (χ1) is 14.7. The molecule has 0 fully saturated rings. The van der Waals surface area contributed by atoms with Crippen molar-refractivity contribution in [1.82, 2.24) is 0 Å². The van der Waals surface area contributed by atoms with Crippen LogP contribution in [-0.4, -0.2) is 28.5 Å². The molecule has 7 nitrogen and oxygen atoms in total. The van der Waals surface area contributed by atoms with Crippen molar-refractivity contribution in [3.63, 3.8) is 0 Å². The molecule has 3 aromatic rings. The fourth-order valence-electron chi connectivity index (χ4n) is 3.06. The van der Waals surface area contributed by atoms with Crippen molar-refractivity contribution >= 4 is 27.3 Å². The van der Waals surface area contributed by atoms with Gasteiger partial charge in [-0.15, -0.1) is 0 Å². The lowest BCUT2D eigenvalue weighted by atomic mass is 10.1. The van der Waals surface area contributed by atoms with Crippen LogP contribution in [0.3, 0.4) is 0 Å². The largest absolute Gasteiger partial charge is 0.497 e. The molecule has 3 aromatic carbocycles. The fourth-order valence-corrected chi connectivity index (χ4v) is 4.47. The Hall–Kier alpha value is -3.52. The number of benzene rings is 3. The van der Waals surface area contributed by atoms with Crippen LogP contribution in [-0.2, 0) is 10.0 Å². The zero-order valence-electron chi connectivity index (χ0n) is 17.7. The Morgan fingerprint density at radius 3 is 2.32 bits per heavy atom. The Balaban J connectivity index is 1.92. The van der Waals surface area contributed by atoms with Crippen LogP contribution in [0.2, 0.25) is 0 Å². The number of nitrogens with one attached hydrogen (secondary N) is 2. The van der Waals surface area contributed by atoms with Crippen LogP contribution in [0.5, 0.6) is 11.5 Å². The van der Waals surface area contributed by atoms with Gasteiger partial charge in [0.25, 0.3) is 15.9 Å². The van der Waals surface area contributed by atoms with E-state index >= 15 is 0 Å². The van der Waals surface area contributed by atoms with Crippen molar-refractivity contribution in [3.05, 3.63) is 77.4 Å². The van der Waals surface area contributed by atoms with Crippen molar-refractivity contribution in [2.75, 3.05) is 24.3 Å². The molecule has 0 aromatic heterocycles. The van der Waals surface area contributed by atoms with Gasteiger partial charge in [-0.3, -0.25) is 9.52 Å². The third-order valence-electron chi connectivity index (χ3n) is 4.71. The predicted molar refractivity (Wildman–Crippen MR) is 121 cm³/mol. The molecule has 2 N–H and O–H groups in total. The van der Waals surface area contributed by atoms with Gasteiger partial charge >= 0.3 is 0 Å². The number of para-hydroxylation sites is 1. The number of hydrogen-bond donors (Lipinski definition) is 2. The van der Waals surface area contributed by atoms with Crippen LogP contribution in [0.25, 0.3) is 0 Å². The van der Waals surface area contributed by atoms with E-state index in [4.69, 9.17) is 9.47 Å². The second-order valence-electron chi connectivity index (χ2n) is 6.94. The molecule has 0 heterocycles. The minimum absolute atomic E-state index is 0.166. The summed E-state index contributed by atoms with van der Waals surface area (Å²) < 4.78 is 39.0. The molecule has 0 saturated carbocycles. The lowest BCUT2D eigenvalue weighted by Gasteiger charge is -2.15. The van der Waals surface area contributed by atoms with E-state index in [1.54, 1.807) is 61.5 Å². The molecule has 0 radical (unpaired) electrons. The average Bonchev–Trinajstić information content (AvgIpc) is 2.75. The fraction of sp³-hybridized carbons (Fsp3) is 0.174. The summed E-state index contributed by atoms with van der Waals surface area (Å²) in [4.78, 5) is 13.1. The average molecular weight is 441 g/mol. The molecule has 0 aliphatic heterocycles. The van der Waals surface area contributed by atoms with Gasteiger partial charge in [-0.05, 0) is 55.3 Å². The van der Waals surface area contributed by atoms with Gasteiger partial charge in [-0.2, -0.15) is 0 Å². The first-order valence-electron chi connectivity index (χ1n) is 9.47. The van der Waals surface area contributed by atoms with Gasteiger partial charge in [-0.1, -0.05) is 24.3 Å². The molecule has 0 atom stereocenters. The van der Waals surface area contributed by atoms with Crippen molar-refractivity contribution in [3.8, 4) is 11.5 Å². The molecule has 0 bridgehead atoms. The number of rotatable bonds is 7. The van der Waals surface area contributed by atoms with Gasteiger partial charge in [0.15, 0.2) is 0 Å². The Labute approximate surface area is 182 Å². The lowest BCUT2D eigenvalue weighted by molar-refractivity contribution is 0.102. The quantitative estimate of drug-likeness (QED) is 0.569. The van der Waals surface area contributed by atoms with Crippen molar-refractivity contribution in [2.45, 2.75) is 18.7 Å². The number of amides is 1. The van der Waals surface area contributed by atoms with Gasteiger partial charge in [0.2, 0.25) is 0 Å². The van der Waals surface area contributed by atoms with E-state index < -0.39 is 15.9 Å². The van der Waals surface area contributed by atoms with E-state index in [2.05, 4.69) is 10.0 Å². The minimum atomic E-state index is -3.89.